The number of anilines is 1. The zero-order chi connectivity index (χ0) is 16.5. The van der Waals surface area contributed by atoms with E-state index in [4.69, 9.17) is 9.40 Å². The van der Waals surface area contributed by atoms with Crippen LogP contribution in [0.25, 0.3) is 0 Å². The fourth-order valence-corrected chi connectivity index (χ4v) is 3.77. The van der Waals surface area contributed by atoms with Crippen molar-refractivity contribution in [2.24, 2.45) is 0 Å². The van der Waals surface area contributed by atoms with Gasteiger partial charge in [0.2, 0.25) is 0 Å². The number of hydrogen-bond donors (Lipinski definition) is 1. The van der Waals surface area contributed by atoms with Crippen LogP contribution < -0.4 is 5.32 Å². The largest absolute Gasteiger partial charge is 0.449 e. The summed E-state index contributed by atoms with van der Waals surface area (Å²) in [4.78, 5) is 16.1. The lowest BCUT2D eigenvalue weighted by Gasteiger charge is -2.40. The maximum Gasteiger partial charge on any atom is 0.191 e. The van der Waals surface area contributed by atoms with Crippen molar-refractivity contribution >= 4 is 5.82 Å². The van der Waals surface area contributed by atoms with Crippen LogP contribution in [0.1, 0.15) is 61.2 Å². The van der Waals surface area contributed by atoms with Crippen LogP contribution in [0, 0.1) is 13.8 Å². The predicted molar refractivity (Wildman–Crippen MR) is 91.7 cm³/mol. The average molecular weight is 327 g/mol. The van der Waals surface area contributed by atoms with Crippen molar-refractivity contribution in [3.05, 3.63) is 35.4 Å². The second kappa shape index (κ2) is 6.51. The summed E-state index contributed by atoms with van der Waals surface area (Å²) >= 11 is 0. The Labute approximate surface area is 142 Å². The first-order chi connectivity index (χ1) is 11.7. The molecule has 1 N–H and O–H groups in total. The van der Waals surface area contributed by atoms with E-state index in [9.17, 15) is 0 Å². The summed E-state index contributed by atoms with van der Waals surface area (Å²) in [5.74, 6) is 2.55. The van der Waals surface area contributed by atoms with Crippen molar-refractivity contribution in [2.75, 3.05) is 11.9 Å². The Morgan fingerprint density at radius 2 is 2.00 bits per heavy atom. The fraction of sp³-hybridized carbons (Fsp3) is 0.611. The van der Waals surface area contributed by atoms with E-state index in [1.807, 2.05) is 13.8 Å². The Morgan fingerprint density at radius 3 is 2.67 bits per heavy atom. The molecule has 2 aromatic heterocycles. The number of oxazole rings is 1. The molecule has 0 bridgehead atoms. The van der Waals surface area contributed by atoms with Crippen LogP contribution in [0.15, 0.2) is 16.7 Å². The van der Waals surface area contributed by atoms with Crippen molar-refractivity contribution in [1.29, 1.82) is 0 Å². The lowest BCUT2D eigenvalue weighted by Crippen LogP contribution is -2.41. The first-order valence-electron chi connectivity index (χ1n) is 8.94. The molecule has 128 valence electrons. The smallest absolute Gasteiger partial charge is 0.191 e. The van der Waals surface area contributed by atoms with E-state index in [1.165, 1.54) is 25.7 Å². The minimum atomic E-state index is 0.354. The van der Waals surface area contributed by atoms with Crippen LogP contribution >= 0.6 is 0 Å². The molecule has 3 heterocycles. The summed E-state index contributed by atoms with van der Waals surface area (Å²) in [5.41, 5.74) is 2.11. The van der Waals surface area contributed by atoms with Crippen LogP contribution in [-0.4, -0.2) is 32.4 Å². The zero-order valence-corrected chi connectivity index (χ0v) is 14.5. The molecule has 6 nitrogen and oxygen atoms in total. The van der Waals surface area contributed by atoms with E-state index in [-0.39, 0.29) is 0 Å². The Morgan fingerprint density at radius 1 is 1.17 bits per heavy atom. The molecule has 6 heteroatoms. The van der Waals surface area contributed by atoms with Crippen LogP contribution in [0.3, 0.4) is 0 Å². The van der Waals surface area contributed by atoms with Crippen molar-refractivity contribution < 1.29 is 4.42 Å². The van der Waals surface area contributed by atoms with Gasteiger partial charge >= 0.3 is 0 Å². The average Bonchev–Trinajstić information content (AvgIpc) is 3.15. The summed E-state index contributed by atoms with van der Waals surface area (Å²) in [6.45, 7) is 5.75. The molecule has 0 amide bonds. The van der Waals surface area contributed by atoms with Crippen LogP contribution in [0.4, 0.5) is 5.82 Å². The van der Waals surface area contributed by atoms with Gasteiger partial charge in [0.1, 0.15) is 17.9 Å². The molecule has 1 saturated carbocycles. The third-order valence-electron chi connectivity index (χ3n) is 5.07. The highest BCUT2D eigenvalue weighted by molar-refractivity contribution is 5.38. The second-order valence-corrected chi connectivity index (χ2v) is 6.98. The fourth-order valence-electron chi connectivity index (χ4n) is 3.77. The normalized spacial score (nSPS) is 21.8. The van der Waals surface area contributed by atoms with Gasteiger partial charge in [-0.15, -0.1) is 0 Å². The Kier molecular flexibility index (Phi) is 4.22. The number of aryl methyl sites for hydroxylation is 2. The van der Waals surface area contributed by atoms with Gasteiger partial charge in [0, 0.05) is 32.1 Å². The lowest BCUT2D eigenvalue weighted by atomic mass is 9.99. The quantitative estimate of drug-likeness (QED) is 0.908. The number of hydrogen-bond acceptors (Lipinski definition) is 6. The van der Waals surface area contributed by atoms with E-state index in [1.54, 1.807) is 6.26 Å². The van der Waals surface area contributed by atoms with Gasteiger partial charge in [-0.1, -0.05) is 12.8 Å². The molecule has 1 aliphatic carbocycles. The van der Waals surface area contributed by atoms with Gasteiger partial charge in [-0.05, 0) is 26.2 Å². The number of likely N-dealkylation sites (tertiary alicyclic amines) is 1. The van der Waals surface area contributed by atoms with Crippen LogP contribution in [0.5, 0.6) is 0 Å². The molecular weight excluding hydrogens is 302 g/mol. The molecule has 2 aliphatic rings. The highest BCUT2D eigenvalue weighted by atomic mass is 16.3. The third-order valence-corrected chi connectivity index (χ3v) is 5.07. The Bertz CT molecular complexity index is 707. The maximum absolute atomic E-state index is 5.31. The molecule has 4 rings (SSSR count). The van der Waals surface area contributed by atoms with Crippen molar-refractivity contribution in [1.82, 2.24) is 19.9 Å². The third kappa shape index (κ3) is 3.29. The first-order valence-corrected chi connectivity index (χ1v) is 8.94. The highest BCUT2D eigenvalue weighted by Gasteiger charge is 2.31. The lowest BCUT2D eigenvalue weighted by molar-refractivity contribution is 0.0770. The summed E-state index contributed by atoms with van der Waals surface area (Å²) in [6, 6.07) is 3.06. The molecule has 1 atom stereocenters. The SMILES string of the molecule is Cc1nc(NC2CCCC2)cc(C2CCN2Cc2coc(C)n2)n1. The summed E-state index contributed by atoms with van der Waals surface area (Å²) in [6.07, 6.45) is 8.03. The zero-order valence-electron chi connectivity index (χ0n) is 14.5. The maximum atomic E-state index is 5.31. The first kappa shape index (κ1) is 15.6. The van der Waals surface area contributed by atoms with E-state index in [2.05, 4.69) is 26.3 Å². The van der Waals surface area contributed by atoms with Crippen LogP contribution in [-0.2, 0) is 6.54 Å². The minimum absolute atomic E-state index is 0.354. The van der Waals surface area contributed by atoms with E-state index in [0.29, 0.717) is 12.1 Å². The van der Waals surface area contributed by atoms with E-state index < -0.39 is 0 Å². The van der Waals surface area contributed by atoms with Crippen molar-refractivity contribution in [2.45, 2.75) is 64.6 Å². The molecule has 2 aromatic rings. The number of rotatable bonds is 5. The van der Waals surface area contributed by atoms with Gasteiger partial charge in [0.25, 0.3) is 0 Å². The minimum Gasteiger partial charge on any atom is -0.449 e. The topological polar surface area (TPSA) is 67.1 Å². The highest BCUT2D eigenvalue weighted by Crippen LogP contribution is 2.34. The van der Waals surface area contributed by atoms with Gasteiger partial charge < -0.3 is 9.73 Å². The van der Waals surface area contributed by atoms with Gasteiger partial charge in [-0.3, -0.25) is 4.90 Å². The Hall–Kier alpha value is -1.95. The predicted octanol–water partition coefficient (Wildman–Crippen LogP) is 3.38. The molecule has 0 aromatic carbocycles. The molecule has 0 radical (unpaired) electrons. The monoisotopic (exact) mass is 327 g/mol. The number of aromatic nitrogens is 3. The molecule has 24 heavy (non-hydrogen) atoms. The number of nitrogens with one attached hydrogen (secondary N) is 1. The van der Waals surface area contributed by atoms with Crippen LogP contribution in [0.2, 0.25) is 0 Å². The summed E-state index contributed by atoms with van der Waals surface area (Å²) < 4.78 is 5.31. The molecule has 0 spiro atoms. The summed E-state index contributed by atoms with van der Waals surface area (Å²) in [5, 5.41) is 3.60. The number of nitrogens with zero attached hydrogens (tertiary/aromatic N) is 4. The van der Waals surface area contributed by atoms with Gasteiger partial charge in [-0.25, -0.2) is 15.0 Å². The standard InChI is InChI=1S/C18H25N5O/c1-12-19-16(9-18(20-12)22-14-5-3-4-6-14)17-7-8-23(17)10-15-11-24-13(2)21-15/h9,11,14,17H,3-8,10H2,1-2H3,(H,19,20,22). The van der Waals surface area contributed by atoms with Gasteiger partial charge in [-0.2, -0.15) is 0 Å². The van der Waals surface area contributed by atoms with Crippen molar-refractivity contribution in [3.63, 3.8) is 0 Å². The van der Waals surface area contributed by atoms with E-state index >= 15 is 0 Å². The molecule has 1 aliphatic heterocycles. The van der Waals surface area contributed by atoms with E-state index in [0.717, 1.165) is 48.4 Å². The van der Waals surface area contributed by atoms with Gasteiger partial charge in [0.05, 0.1) is 17.4 Å². The molecule has 1 unspecified atom stereocenters. The molecular formula is C18H25N5O. The second-order valence-electron chi connectivity index (χ2n) is 6.98. The molecule has 1 saturated heterocycles. The van der Waals surface area contributed by atoms with Gasteiger partial charge in [0.15, 0.2) is 5.89 Å². The summed E-state index contributed by atoms with van der Waals surface area (Å²) in [7, 11) is 0. The van der Waals surface area contributed by atoms with Crippen molar-refractivity contribution in [3.8, 4) is 0 Å². The Balaban J connectivity index is 1.47. The molecule has 2 fully saturated rings.